The van der Waals surface area contributed by atoms with E-state index in [2.05, 4.69) is 26.1 Å². The molecule has 0 aliphatic heterocycles. The molecule has 1 amide bonds. The Morgan fingerprint density at radius 3 is 1.96 bits per heavy atom. The fraction of sp³-hybridized carbons (Fsp3) is 0.381. The maximum atomic E-state index is 12.6. The fourth-order valence-electron chi connectivity index (χ4n) is 2.85. The smallest absolute Gasteiger partial charge is 0.245 e. The van der Waals surface area contributed by atoms with Gasteiger partial charge in [-0.1, -0.05) is 51.1 Å². The van der Waals surface area contributed by atoms with Gasteiger partial charge in [-0.3, -0.25) is 9.10 Å². The van der Waals surface area contributed by atoms with Gasteiger partial charge >= 0.3 is 0 Å². The highest BCUT2D eigenvalue weighted by atomic mass is 32.2. The summed E-state index contributed by atoms with van der Waals surface area (Å²) in [4.78, 5) is 12.6. The van der Waals surface area contributed by atoms with Crippen LogP contribution in [0.2, 0.25) is 0 Å². The van der Waals surface area contributed by atoms with Crippen LogP contribution in [0.4, 0.5) is 11.4 Å². The van der Waals surface area contributed by atoms with Crippen molar-refractivity contribution in [2.45, 2.75) is 40.0 Å². The molecule has 0 aliphatic carbocycles. The standard InChI is InChI=1S/C21H28N2O3S/c1-15-8-7-9-16(2)20(15)22-19(24)14-23(27(6,25)26)18-12-10-17(11-13-18)21(3,4)5/h7-13H,14H2,1-6H3,(H,22,24). The van der Waals surface area contributed by atoms with Gasteiger partial charge in [-0.25, -0.2) is 8.42 Å². The van der Waals surface area contributed by atoms with Crippen molar-refractivity contribution in [3.05, 3.63) is 59.2 Å². The highest BCUT2D eigenvalue weighted by Gasteiger charge is 2.22. The van der Waals surface area contributed by atoms with Gasteiger partial charge in [0, 0.05) is 5.69 Å². The molecule has 0 fully saturated rings. The van der Waals surface area contributed by atoms with Gasteiger partial charge in [0.25, 0.3) is 0 Å². The second-order valence-electron chi connectivity index (χ2n) is 7.88. The average molecular weight is 389 g/mol. The number of benzene rings is 2. The van der Waals surface area contributed by atoms with Gasteiger partial charge < -0.3 is 5.32 Å². The molecule has 0 atom stereocenters. The number of nitrogens with one attached hydrogen (secondary N) is 1. The molecule has 27 heavy (non-hydrogen) atoms. The predicted octanol–water partition coefficient (Wildman–Crippen LogP) is 4.01. The van der Waals surface area contributed by atoms with Crippen LogP contribution in [-0.2, 0) is 20.2 Å². The van der Waals surface area contributed by atoms with Gasteiger partial charge in [0.05, 0.1) is 11.9 Å². The summed E-state index contributed by atoms with van der Waals surface area (Å²) in [5.41, 5.74) is 4.13. The maximum absolute atomic E-state index is 12.6. The van der Waals surface area contributed by atoms with Crippen molar-refractivity contribution < 1.29 is 13.2 Å². The fourth-order valence-corrected chi connectivity index (χ4v) is 3.71. The lowest BCUT2D eigenvalue weighted by Crippen LogP contribution is -2.37. The summed E-state index contributed by atoms with van der Waals surface area (Å²) in [7, 11) is -3.60. The van der Waals surface area contributed by atoms with Gasteiger partial charge in [0.1, 0.15) is 6.54 Å². The Bertz CT molecular complexity index is 907. The van der Waals surface area contributed by atoms with Crippen LogP contribution in [-0.4, -0.2) is 27.1 Å². The quantitative estimate of drug-likeness (QED) is 0.842. The van der Waals surface area contributed by atoms with E-state index in [0.717, 1.165) is 32.9 Å². The molecule has 2 rings (SSSR count). The van der Waals surface area contributed by atoms with Crippen LogP contribution >= 0.6 is 0 Å². The van der Waals surface area contributed by atoms with Crippen molar-refractivity contribution in [3.63, 3.8) is 0 Å². The number of para-hydroxylation sites is 1. The number of carbonyl (C=O) groups excluding carboxylic acids is 1. The number of amides is 1. The van der Waals surface area contributed by atoms with E-state index in [1.165, 1.54) is 0 Å². The molecule has 2 aromatic rings. The number of aryl methyl sites for hydroxylation is 2. The lowest BCUT2D eigenvalue weighted by Gasteiger charge is -2.24. The normalized spacial score (nSPS) is 11.9. The van der Waals surface area contributed by atoms with Crippen LogP contribution in [0.15, 0.2) is 42.5 Å². The highest BCUT2D eigenvalue weighted by Crippen LogP contribution is 2.26. The maximum Gasteiger partial charge on any atom is 0.245 e. The Hall–Kier alpha value is -2.34. The van der Waals surface area contributed by atoms with E-state index in [1.807, 2.05) is 44.2 Å². The Kier molecular flexibility index (Phi) is 6.00. The van der Waals surface area contributed by atoms with E-state index < -0.39 is 10.0 Å². The molecule has 0 saturated carbocycles. The first-order chi connectivity index (χ1) is 12.4. The van der Waals surface area contributed by atoms with Gasteiger partial charge in [-0.05, 0) is 48.1 Å². The van der Waals surface area contributed by atoms with E-state index in [9.17, 15) is 13.2 Å². The van der Waals surface area contributed by atoms with Crippen LogP contribution in [0.3, 0.4) is 0 Å². The second-order valence-corrected chi connectivity index (χ2v) is 9.79. The number of anilines is 2. The van der Waals surface area contributed by atoms with Crippen LogP contribution in [0, 0.1) is 13.8 Å². The molecule has 6 heteroatoms. The average Bonchev–Trinajstić information content (AvgIpc) is 2.54. The number of sulfonamides is 1. The van der Waals surface area contributed by atoms with Crippen molar-refractivity contribution in [1.29, 1.82) is 0 Å². The molecule has 0 bridgehead atoms. The Balaban J connectivity index is 2.26. The summed E-state index contributed by atoms with van der Waals surface area (Å²) in [5, 5.41) is 2.84. The van der Waals surface area contributed by atoms with Crippen LogP contribution in [0.5, 0.6) is 0 Å². The number of hydrogen-bond donors (Lipinski definition) is 1. The minimum Gasteiger partial charge on any atom is -0.324 e. The Morgan fingerprint density at radius 2 is 1.52 bits per heavy atom. The van der Waals surface area contributed by atoms with Crippen LogP contribution in [0.1, 0.15) is 37.5 Å². The molecular formula is C21H28N2O3S. The van der Waals surface area contributed by atoms with Crippen molar-refractivity contribution >= 4 is 27.3 Å². The molecule has 0 saturated heterocycles. The first kappa shape index (κ1) is 21.0. The first-order valence-electron chi connectivity index (χ1n) is 8.84. The molecule has 5 nitrogen and oxygen atoms in total. The third-order valence-electron chi connectivity index (χ3n) is 4.45. The SMILES string of the molecule is Cc1cccc(C)c1NC(=O)CN(c1ccc(C(C)(C)C)cc1)S(C)(=O)=O. The number of rotatable bonds is 5. The summed E-state index contributed by atoms with van der Waals surface area (Å²) in [6.07, 6.45) is 1.11. The lowest BCUT2D eigenvalue weighted by molar-refractivity contribution is -0.114. The third kappa shape index (κ3) is 5.32. The zero-order chi connectivity index (χ0) is 20.4. The van der Waals surface area contributed by atoms with Gasteiger partial charge in [0.2, 0.25) is 15.9 Å². The van der Waals surface area contributed by atoms with Crippen molar-refractivity contribution in [1.82, 2.24) is 0 Å². The topological polar surface area (TPSA) is 66.5 Å². The molecule has 0 unspecified atom stereocenters. The second kappa shape index (κ2) is 7.72. The van der Waals surface area contributed by atoms with E-state index in [4.69, 9.17) is 0 Å². The summed E-state index contributed by atoms with van der Waals surface area (Å²) >= 11 is 0. The Labute approximate surface area is 162 Å². The predicted molar refractivity (Wildman–Crippen MR) is 112 cm³/mol. The van der Waals surface area contributed by atoms with E-state index in [1.54, 1.807) is 12.1 Å². The van der Waals surface area contributed by atoms with E-state index in [-0.39, 0.29) is 17.9 Å². The number of hydrogen-bond acceptors (Lipinski definition) is 3. The number of carbonyl (C=O) groups is 1. The monoisotopic (exact) mass is 388 g/mol. The number of nitrogens with zero attached hydrogens (tertiary/aromatic N) is 1. The third-order valence-corrected chi connectivity index (χ3v) is 5.59. The molecule has 2 aromatic carbocycles. The van der Waals surface area contributed by atoms with Gasteiger partial charge in [0.15, 0.2) is 0 Å². The highest BCUT2D eigenvalue weighted by molar-refractivity contribution is 7.92. The molecule has 1 N–H and O–H groups in total. The van der Waals surface area contributed by atoms with Gasteiger partial charge in [-0.2, -0.15) is 0 Å². The van der Waals surface area contributed by atoms with Crippen molar-refractivity contribution in [3.8, 4) is 0 Å². The first-order valence-corrected chi connectivity index (χ1v) is 10.7. The molecule has 146 valence electrons. The zero-order valence-corrected chi connectivity index (χ0v) is 17.6. The minimum atomic E-state index is -3.60. The van der Waals surface area contributed by atoms with Crippen molar-refractivity contribution in [2.75, 3.05) is 22.4 Å². The van der Waals surface area contributed by atoms with Gasteiger partial charge in [-0.15, -0.1) is 0 Å². The molecule has 0 aromatic heterocycles. The lowest BCUT2D eigenvalue weighted by atomic mass is 9.87. The zero-order valence-electron chi connectivity index (χ0n) is 16.8. The molecule has 0 spiro atoms. The summed E-state index contributed by atoms with van der Waals surface area (Å²) < 4.78 is 25.7. The largest absolute Gasteiger partial charge is 0.324 e. The molecular weight excluding hydrogens is 360 g/mol. The minimum absolute atomic E-state index is 0.0335. The summed E-state index contributed by atoms with van der Waals surface area (Å²) in [6.45, 7) is 9.81. The van der Waals surface area contributed by atoms with Crippen LogP contribution in [0.25, 0.3) is 0 Å². The van der Waals surface area contributed by atoms with Crippen molar-refractivity contribution in [2.24, 2.45) is 0 Å². The Morgan fingerprint density at radius 1 is 1.00 bits per heavy atom. The van der Waals surface area contributed by atoms with E-state index in [0.29, 0.717) is 5.69 Å². The van der Waals surface area contributed by atoms with Crippen LogP contribution < -0.4 is 9.62 Å². The summed E-state index contributed by atoms with van der Waals surface area (Å²) in [5.74, 6) is -0.377. The molecule has 0 heterocycles. The van der Waals surface area contributed by atoms with E-state index >= 15 is 0 Å². The summed E-state index contributed by atoms with van der Waals surface area (Å²) in [6, 6.07) is 13.0. The molecule has 0 radical (unpaired) electrons. The molecule has 0 aliphatic rings.